The quantitative estimate of drug-likeness (QED) is 0.561. The van der Waals surface area contributed by atoms with Gasteiger partial charge in [0.2, 0.25) is 0 Å². The van der Waals surface area contributed by atoms with Gasteiger partial charge in [-0.05, 0) is 68.1 Å². The number of halogens is 1. The van der Waals surface area contributed by atoms with Gasteiger partial charge in [-0.25, -0.2) is 0 Å². The van der Waals surface area contributed by atoms with Gasteiger partial charge in [0.1, 0.15) is 11.4 Å². The maximum Gasteiger partial charge on any atom is 0.274 e. The van der Waals surface area contributed by atoms with Crippen LogP contribution in [0.5, 0.6) is 5.75 Å². The van der Waals surface area contributed by atoms with Gasteiger partial charge in [-0.1, -0.05) is 41.9 Å². The van der Waals surface area contributed by atoms with Crippen molar-refractivity contribution < 1.29 is 9.90 Å². The van der Waals surface area contributed by atoms with E-state index in [0.29, 0.717) is 23.2 Å². The van der Waals surface area contributed by atoms with E-state index in [1.54, 1.807) is 29.1 Å². The molecule has 1 aromatic heterocycles. The summed E-state index contributed by atoms with van der Waals surface area (Å²) in [6.45, 7) is 2.49. The number of carbonyl (C=O) groups is 1. The molecule has 33 heavy (non-hydrogen) atoms. The zero-order valence-electron chi connectivity index (χ0n) is 19.2. The van der Waals surface area contributed by atoms with Gasteiger partial charge in [-0.15, -0.1) is 0 Å². The minimum absolute atomic E-state index is 0.0391. The summed E-state index contributed by atoms with van der Waals surface area (Å²) in [6.07, 6.45) is 4.59. The van der Waals surface area contributed by atoms with Crippen LogP contribution in [0.3, 0.4) is 0 Å². The number of phenolic OH excluding ortho intramolecular Hbond substituents is 1. The number of hydrogen-bond acceptors (Lipinski definition) is 4. The van der Waals surface area contributed by atoms with Crippen LogP contribution in [-0.2, 0) is 20.0 Å². The van der Waals surface area contributed by atoms with Crippen molar-refractivity contribution in [3.63, 3.8) is 0 Å². The first-order valence-electron chi connectivity index (χ1n) is 11.4. The molecular weight excluding hydrogens is 436 g/mol. The van der Waals surface area contributed by atoms with Gasteiger partial charge in [0.15, 0.2) is 0 Å². The standard InChI is InChI=1S/C26H31ClN4O2/c1-29-13-12-23(28-29)26(33)30(2)24(16-19-6-4-3-5-7-19)20-10-14-31(15-11-20)18-21-17-22(27)8-9-25(21)32/h3-9,12-13,17,20,24,32H,10-11,14-16,18H2,1-2H3/t24-/m0/s1. The monoisotopic (exact) mass is 466 g/mol. The van der Waals surface area contributed by atoms with Crippen molar-refractivity contribution in [1.82, 2.24) is 19.6 Å². The minimum Gasteiger partial charge on any atom is -0.508 e. The number of amides is 1. The van der Waals surface area contributed by atoms with Crippen molar-refractivity contribution in [1.29, 1.82) is 0 Å². The number of aryl methyl sites for hydroxylation is 1. The van der Waals surface area contributed by atoms with E-state index in [2.05, 4.69) is 22.1 Å². The van der Waals surface area contributed by atoms with Crippen LogP contribution in [0.2, 0.25) is 5.02 Å². The molecule has 7 heteroatoms. The van der Waals surface area contributed by atoms with Gasteiger partial charge in [0.25, 0.3) is 5.91 Å². The van der Waals surface area contributed by atoms with Crippen LogP contribution >= 0.6 is 11.6 Å². The van der Waals surface area contributed by atoms with E-state index >= 15 is 0 Å². The van der Waals surface area contributed by atoms with Gasteiger partial charge >= 0.3 is 0 Å². The molecule has 0 radical (unpaired) electrons. The number of phenols is 1. The number of nitrogens with zero attached hydrogens (tertiary/aromatic N) is 4. The average molecular weight is 467 g/mol. The molecule has 2 aromatic carbocycles. The molecule has 174 valence electrons. The zero-order valence-corrected chi connectivity index (χ0v) is 19.9. The van der Waals surface area contributed by atoms with E-state index in [9.17, 15) is 9.90 Å². The normalized spacial score (nSPS) is 16.0. The van der Waals surface area contributed by atoms with E-state index in [1.807, 2.05) is 43.3 Å². The first kappa shape index (κ1) is 23.3. The summed E-state index contributed by atoms with van der Waals surface area (Å²) in [7, 11) is 3.73. The lowest BCUT2D eigenvalue weighted by Gasteiger charge is -2.40. The first-order valence-corrected chi connectivity index (χ1v) is 11.8. The number of likely N-dealkylation sites (tertiary alicyclic amines) is 1. The lowest BCUT2D eigenvalue weighted by atomic mass is 9.84. The maximum atomic E-state index is 13.2. The number of rotatable bonds is 7. The van der Waals surface area contributed by atoms with Crippen molar-refractivity contribution in [3.05, 3.63) is 82.6 Å². The van der Waals surface area contributed by atoms with Crippen molar-refractivity contribution in [2.45, 2.75) is 31.8 Å². The van der Waals surface area contributed by atoms with Crippen LogP contribution in [0.1, 0.15) is 34.5 Å². The number of carbonyl (C=O) groups excluding carboxylic acids is 1. The van der Waals surface area contributed by atoms with E-state index in [-0.39, 0.29) is 17.7 Å². The molecule has 2 heterocycles. The Bertz CT molecular complexity index is 1080. The van der Waals surface area contributed by atoms with Crippen LogP contribution in [0.15, 0.2) is 60.8 Å². The Morgan fingerprint density at radius 2 is 1.91 bits per heavy atom. The molecule has 1 saturated heterocycles. The molecule has 4 rings (SSSR count). The largest absolute Gasteiger partial charge is 0.508 e. The Kier molecular flexibility index (Phi) is 7.36. The Labute approximate surface area is 200 Å². The van der Waals surface area contributed by atoms with E-state index < -0.39 is 0 Å². The summed E-state index contributed by atoms with van der Waals surface area (Å²) < 4.78 is 1.66. The fourth-order valence-electron chi connectivity index (χ4n) is 4.75. The van der Waals surface area contributed by atoms with Crippen LogP contribution in [0.25, 0.3) is 0 Å². The Hall–Kier alpha value is -2.83. The number of hydrogen-bond donors (Lipinski definition) is 1. The highest BCUT2D eigenvalue weighted by molar-refractivity contribution is 6.30. The van der Waals surface area contributed by atoms with E-state index in [4.69, 9.17) is 11.6 Å². The lowest BCUT2D eigenvalue weighted by Crippen LogP contribution is -2.47. The van der Waals surface area contributed by atoms with E-state index in [1.165, 1.54) is 5.56 Å². The predicted octanol–water partition coefficient (Wildman–Crippen LogP) is 4.37. The summed E-state index contributed by atoms with van der Waals surface area (Å²) in [5.41, 5.74) is 2.56. The van der Waals surface area contributed by atoms with Crippen LogP contribution in [0, 0.1) is 5.92 Å². The number of aromatic hydroxyl groups is 1. The molecule has 1 atom stereocenters. The Morgan fingerprint density at radius 1 is 1.18 bits per heavy atom. The van der Waals surface area contributed by atoms with Gasteiger partial charge in [-0.2, -0.15) is 5.10 Å². The summed E-state index contributed by atoms with van der Waals surface area (Å²) in [5, 5.41) is 15.1. The number of aromatic nitrogens is 2. The average Bonchev–Trinajstić information content (AvgIpc) is 3.26. The van der Waals surface area contributed by atoms with Gasteiger partial charge < -0.3 is 10.0 Å². The molecule has 1 aliphatic rings. The SMILES string of the molecule is CN(C(=O)c1ccn(C)n1)[C@@H](Cc1ccccc1)C1CCN(Cc2cc(Cl)ccc2O)CC1. The third-order valence-corrected chi connectivity index (χ3v) is 6.89. The topological polar surface area (TPSA) is 61.6 Å². The number of piperidine rings is 1. The first-order chi connectivity index (χ1) is 15.9. The smallest absolute Gasteiger partial charge is 0.274 e. The van der Waals surface area contributed by atoms with Crippen LogP contribution in [0.4, 0.5) is 0 Å². The lowest BCUT2D eigenvalue weighted by molar-refractivity contribution is 0.0578. The number of likely N-dealkylation sites (N-methyl/N-ethyl adjacent to an activating group) is 1. The van der Waals surface area contributed by atoms with Crippen LogP contribution < -0.4 is 0 Å². The second-order valence-corrected chi connectivity index (χ2v) is 9.37. The summed E-state index contributed by atoms with van der Waals surface area (Å²) in [5.74, 6) is 0.624. The minimum atomic E-state index is -0.0391. The highest BCUT2D eigenvalue weighted by Gasteiger charge is 2.32. The van der Waals surface area contributed by atoms with E-state index in [0.717, 1.165) is 37.9 Å². The molecule has 1 fully saturated rings. The molecule has 3 aromatic rings. The summed E-state index contributed by atoms with van der Waals surface area (Å²) in [4.78, 5) is 17.4. The fraction of sp³-hybridized carbons (Fsp3) is 0.385. The molecule has 0 saturated carbocycles. The van der Waals surface area contributed by atoms with Crippen molar-refractivity contribution in [2.75, 3.05) is 20.1 Å². The molecule has 1 aliphatic heterocycles. The third-order valence-electron chi connectivity index (χ3n) is 6.65. The zero-order chi connectivity index (χ0) is 23.4. The molecule has 0 bridgehead atoms. The molecule has 0 spiro atoms. The highest BCUT2D eigenvalue weighted by Crippen LogP contribution is 2.29. The fourth-order valence-corrected chi connectivity index (χ4v) is 4.95. The molecular formula is C26H31ClN4O2. The molecule has 1 amide bonds. The molecule has 1 N–H and O–H groups in total. The van der Waals surface area contributed by atoms with Crippen molar-refractivity contribution in [3.8, 4) is 5.75 Å². The molecule has 6 nitrogen and oxygen atoms in total. The van der Waals surface area contributed by atoms with Gasteiger partial charge in [0, 0.05) is 43.5 Å². The Balaban J connectivity index is 1.46. The maximum absolute atomic E-state index is 13.2. The van der Waals surface area contributed by atoms with Crippen molar-refractivity contribution >= 4 is 17.5 Å². The predicted molar refractivity (Wildman–Crippen MR) is 130 cm³/mol. The van der Waals surface area contributed by atoms with Gasteiger partial charge in [-0.3, -0.25) is 14.4 Å². The molecule has 0 unspecified atom stereocenters. The second-order valence-electron chi connectivity index (χ2n) is 8.93. The number of benzene rings is 2. The Morgan fingerprint density at radius 3 is 2.58 bits per heavy atom. The van der Waals surface area contributed by atoms with Gasteiger partial charge in [0.05, 0.1) is 0 Å². The molecule has 0 aliphatic carbocycles. The van der Waals surface area contributed by atoms with Crippen LogP contribution in [-0.4, -0.2) is 56.8 Å². The second kappa shape index (κ2) is 10.4. The summed E-state index contributed by atoms with van der Waals surface area (Å²) >= 11 is 6.12. The highest BCUT2D eigenvalue weighted by atomic mass is 35.5. The van der Waals surface area contributed by atoms with Crippen molar-refractivity contribution in [2.24, 2.45) is 13.0 Å². The third kappa shape index (κ3) is 5.75. The summed E-state index contributed by atoms with van der Waals surface area (Å²) in [6, 6.07) is 17.4.